The van der Waals surface area contributed by atoms with Crippen molar-refractivity contribution in [2.45, 2.75) is 38.6 Å². The van der Waals surface area contributed by atoms with Crippen LogP contribution in [0.5, 0.6) is 0 Å². The molecule has 4 rings (SSSR count). The van der Waals surface area contributed by atoms with E-state index in [4.69, 9.17) is 4.99 Å². The molecule has 0 bridgehead atoms. The third-order valence-electron chi connectivity index (χ3n) is 4.75. The first-order chi connectivity index (χ1) is 11.6. The maximum absolute atomic E-state index is 14.5. The molecule has 1 aliphatic heterocycles. The Morgan fingerprint density at radius 1 is 1.25 bits per heavy atom. The second-order valence-electron chi connectivity index (χ2n) is 6.77. The molecule has 0 aliphatic carbocycles. The van der Waals surface area contributed by atoms with Gasteiger partial charge in [-0.25, -0.2) is 9.37 Å². The third kappa shape index (κ3) is 2.42. The highest BCUT2D eigenvalue weighted by Crippen LogP contribution is 2.33. The lowest BCUT2D eigenvalue weighted by Crippen LogP contribution is -2.33. The molecular formula is C20H20FN3. The molecule has 0 radical (unpaired) electrons. The van der Waals surface area contributed by atoms with Gasteiger partial charge in [-0.3, -0.25) is 4.99 Å². The molecule has 1 atom stereocenters. The highest BCUT2D eigenvalue weighted by Gasteiger charge is 2.32. The molecule has 0 spiro atoms. The van der Waals surface area contributed by atoms with Crippen LogP contribution >= 0.6 is 0 Å². The van der Waals surface area contributed by atoms with Crippen LogP contribution in [-0.4, -0.2) is 20.6 Å². The molecule has 24 heavy (non-hydrogen) atoms. The van der Waals surface area contributed by atoms with Gasteiger partial charge in [-0.2, -0.15) is 0 Å². The molecular weight excluding hydrogens is 301 g/mol. The summed E-state index contributed by atoms with van der Waals surface area (Å²) in [6.45, 7) is 4.26. The molecule has 3 aromatic rings. The lowest BCUT2D eigenvalue weighted by molar-refractivity contribution is 0.414. The van der Waals surface area contributed by atoms with E-state index in [1.807, 2.05) is 41.2 Å². The minimum atomic E-state index is -0.273. The number of hydrogen-bond donors (Lipinski definition) is 0. The fourth-order valence-electron chi connectivity index (χ4n) is 3.66. The Bertz CT molecular complexity index is 941. The van der Waals surface area contributed by atoms with Crippen LogP contribution in [0.3, 0.4) is 0 Å². The molecule has 1 aliphatic rings. The van der Waals surface area contributed by atoms with Gasteiger partial charge in [0.15, 0.2) is 0 Å². The Kier molecular flexibility index (Phi) is 3.48. The van der Waals surface area contributed by atoms with E-state index in [-0.39, 0.29) is 11.4 Å². The molecule has 0 saturated heterocycles. The van der Waals surface area contributed by atoms with Crippen molar-refractivity contribution in [1.82, 2.24) is 9.38 Å². The maximum Gasteiger partial charge on any atom is 0.136 e. The van der Waals surface area contributed by atoms with Crippen LogP contribution < -0.4 is 0 Å². The molecule has 0 fully saturated rings. The molecule has 3 heterocycles. The molecule has 122 valence electrons. The van der Waals surface area contributed by atoms with Crippen molar-refractivity contribution in [3.8, 4) is 0 Å². The van der Waals surface area contributed by atoms with Crippen LogP contribution in [0.15, 0.2) is 53.9 Å². The number of fused-ring (bicyclic) bond motifs is 2. The summed E-state index contributed by atoms with van der Waals surface area (Å²) in [5.74, 6) is -0.141. The molecule has 0 saturated carbocycles. The third-order valence-corrected chi connectivity index (χ3v) is 4.75. The van der Waals surface area contributed by atoms with Gasteiger partial charge in [0.1, 0.15) is 11.5 Å². The first-order valence-corrected chi connectivity index (χ1v) is 8.40. The minimum Gasteiger partial charge on any atom is -0.308 e. The first kappa shape index (κ1) is 15.1. The predicted molar refractivity (Wildman–Crippen MR) is 94.2 cm³/mol. The van der Waals surface area contributed by atoms with Crippen molar-refractivity contribution in [3.63, 3.8) is 0 Å². The van der Waals surface area contributed by atoms with Gasteiger partial charge in [0.25, 0.3) is 0 Å². The van der Waals surface area contributed by atoms with E-state index in [2.05, 4.69) is 18.8 Å². The topological polar surface area (TPSA) is 29.7 Å². The maximum atomic E-state index is 14.5. The van der Waals surface area contributed by atoms with Crippen molar-refractivity contribution in [3.05, 3.63) is 71.4 Å². The van der Waals surface area contributed by atoms with Crippen LogP contribution in [-0.2, 0) is 6.42 Å². The Morgan fingerprint density at radius 2 is 2.12 bits per heavy atom. The Hall–Kier alpha value is -2.49. The van der Waals surface area contributed by atoms with Crippen molar-refractivity contribution in [2.75, 3.05) is 0 Å². The normalized spacial score (nSPS) is 20.0. The zero-order chi connectivity index (χ0) is 16.7. The summed E-state index contributed by atoms with van der Waals surface area (Å²) in [5.41, 5.74) is 4.04. The quantitative estimate of drug-likeness (QED) is 0.702. The number of nitrogens with zero attached hydrogens (tertiary/aromatic N) is 3. The zero-order valence-corrected chi connectivity index (χ0v) is 14.0. The van der Waals surface area contributed by atoms with E-state index in [1.54, 1.807) is 12.1 Å². The molecule has 0 amide bonds. The summed E-state index contributed by atoms with van der Waals surface area (Å²) < 4.78 is 16.4. The Balaban J connectivity index is 1.92. The van der Waals surface area contributed by atoms with Crippen molar-refractivity contribution in [2.24, 2.45) is 4.99 Å². The second-order valence-corrected chi connectivity index (χ2v) is 6.77. The summed E-state index contributed by atoms with van der Waals surface area (Å²) in [6.07, 6.45) is 8.42. The monoisotopic (exact) mass is 321 g/mol. The van der Waals surface area contributed by atoms with Crippen molar-refractivity contribution >= 4 is 11.4 Å². The van der Waals surface area contributed by atoms with Gasteiger partial charge in [-0.15, -0.1) is 0 Å². The summed E-state index contributed by atoms with van der Waals surface area (Å²) in [5, 5.41) is 0. The van der Waals surface area contributed by atoms with E-state index >= 15 is 0 Å². The van der Waals surface area contributed by atoms with E-state index < -0.39 is 0 Å². The van der Waals surface area contributed by atoms with E-state index in [0.717, 1.165) is 40.9 Å². The van der Waals surface area contributed by atoms with Crippen molar-refractivity contribution < 1.29 is 4.39 Å². The summed E-state index contributed by atoms with van der Waals surface area (Å²) in [7, 11) is 0. The lowest BCUT2D eigenvalue weighted by atomic mass is 9.81. The highest BCUT2D eigenvalue weighted by molar-refractivity contribution is 6.14. The average molecular weight is 321 g/mol. The largest absolute Gasteiger partial charge is 0.308 e. The Morgan fingerprint density at radius 3 is 2.96 bits per heavy atom. The molecule has 1 aromatic carbocycles. The summed E-state index contributed by atoms with van der Waals surface area (Å²) >= 11 is 0. The first-order valence-electron chi connectivity index (χ1n) is 8.40. The van der Waals surface area contributed by atoms with Crippen LogP contribution in [0.2, 0.25) is 0 Å². The van der Waals surface area contributed by atoms with Gasteiger partial charge < -0.3 is 4.40 Å². The van der Waals surface area contributed by atoms with Crippen LogP contribution in [0.4, 0.5) is 4.39 Å². The number of hydrogen-bond acceptors (Lipinski definition) is 2. The van der Waals surface area contributed by atoms with Crippen LogP contribution in [0, 0.1) is 5.82 Å². The SMILES string of the molecule is CCCC1(C)Cc2c(F)cccc2C(c2cnc3cccn3c2)=N1. The van der Waals surface area contributed by atoms with Crippen molar-refractivity contribution in [1.29, 1.82) is 0 Å². The van der Waals surface area contributed by atoms with Crippen LogP contribution in [0.25, 0.3) is 5.65 Å². The zero-order valence-electron chi connectivity index (χ0n) is 14.0. The number of aromatic nitrogens is 2. The lowest BCUT2D eigenvalue weighted by Gasteiger charge is -2.32. The summed E-state index contributed by atoms with van der Waals surface area (Å²) in [4.78, 5) is 9.54. The van der Waals surface area contributed by atoms with E-state index in [0.29, 0.717) is 6.42 Å². The molecule has 3 nitrogen and oxygen atoms in total. The van der Waals surface area contributed by atoms with Gasteiger partial charge in [0.2, 0.25) is 0 Å². The number of aliphatic imine (C=N–C) groups is 1. The van der Waals surface area contributed by atoms with E-state index in [1.165, 1.54) is 0 Å². The minimum absolute atomic E-state index is 0.141. The average Bonchev–Trinajstić information content (AvgIpc) is 3.03. The van der Waals surface area contributed by atoms with E-state index in [9.17, 15) is 4.39 Å². The number of rotatable bonds is 3. The highest BCUT2D eigenvalue weighted by atomic mass is 19.1. The number of halogens is 1. The smallest absolute Gasteiger partial charge is 0.136 e. The summed E-state index contributed by atoms with van der Waals surface area (Å²) in [6, 6.07) is 9.18. The van der Waals surface area contributed by atoms with Crippen LogP contribution in [0.1, 0.15) is 43.4 Å². The second kappa shape index (κ2) is 5.55. The number of benzene rings is 1. The fraction of sp³-hybridized carbons (Fsp3) is 0.300. The standard InChI is InChI=1S/C20H20FN3/c1-3-9-20(2)11-16-15(6-4-7-17(16)21)19(23-20)14-12-22-18-8-5-10-24(18)13-14/h4-8,10,12-13H,3,9,11H2,1-2H3. The molecule has 0 N–H and O–H groups in total. The molecule has 2 aromatic heterocycles. The fourth-order valence-corrected chi connectivity index (χ4v) is 3.66. The van der Waals surface area contributed by atoms with Gasteiger partial charge in [0.05, 0.1) is 11.3 Å². The van der Waals surface area contributed by atoms with Gasteiger partial charge in [-0.1, -0.05) is 25.5 Å². The van der Waals surface area contributed by atoms with Gasteiger partial charge in [-0.05, 0) is 37.1 Å². The van der Waals surface area contributed by atoms with Gasteiger partial charge in [0, 0.05) is 36.1 Å². The Labute approximate surface area is 140 Å². The van der Waals surface area contributed by atoms with Gasteiger partial charge >= 0.3 is 0 Å². The molecule has 4 heteroatoms. The predicted octanol–water partition coefficient (Wildman–Crippen LogP) is 4.43. The molecule has 1 unspecified atom stereocenters.